The first-order valence-electron chi connectivity index (χ1n) is 6.41. The van der Waals surface area contributed by atoms with Crippen LogP contribution < -0.4 is 10.6 Å². The topological polar surface area (TPSA) is 24.1 Å². The van der Waals surface area contributed by atoms with Crippen LogP contribution in [0.1, 0.15) is 31.7 Å². The van der Waals surface area contributed by atoms with Gasteiger partial charge in [0.1, 0.15) is 0 Å². The van der Waals surface area contributed by atoms with Crippen molar-refractivity contribution >= 4 is 28.3 Å². The number of benzene rings is 1. The Balaban J connectivity index is 1.90. The normalized spacial score (nSPS) is 21.5. The van der Waals surface area contributed by atoms with Gasteiger partial charge in [-0.25, -0.2) is 0 Å². The third-order valence-corrected chi connectivity index (χ3v) is 4.06. The van der Waals surface area contributed by atoms with E-state index in [1.807, 2.05) is 0 Å². The molecule has 0 amide bonds. The van der Waals surface area contributed by atoms with E-state index in [2.05, 4.69) is 65.3 Å². The minimum Gasteiger partial charge on any atom is -0.382 e. The van der Waals surface area contributed by atoms with Gasteiger partial charge in [0.2, 0.25) is 0 Å². The molecule has 0 saturated carbocycles. The highest BCUT2D eigenvalue weighted by atomic mass is 127. The molecule has 3 heteroatoms. The van der Waals surface area contributed by atoms with Crippen molar-refractivity contribution in [2.75, 3.05) is 11.9 Å². The number of halogens is 1. The van der Waals surface area contributed by atoms with Crippen molar-refractivity contribution in [1.82, 2.24) is 5.32 Å². The van der Waals surface area contributed by atoms with Gasteiger partial charge in [0.15, 0.2) is 0 Å². The second kappa shape index (κ2) is 6.05. The molecule has 2 unspecified atom stereocenters. The van der Waals surface area contributed by atoms with Crippen LogP contribution in [0.25, 0.3) is 0 Å². The average molecular weight is 344 g/mol. The number of anilines is 1. The largest absolute Gasteiger partial charge is 0.382 e. The lowest BCUT2D eigenvalue weighted by Gasteiger charge is -2.20. The van der Waals surface area contributed by atoms with Crippen LogP contribution in [0.4, 0.5) is 5.69 Å². The van der Waals surface area contributed by atoms with Crippen LogP contribution in [-0.4, -0.2) is 18.6 Å². The number of rotatable bonds is 4. The van der Waals surface area contributed by atoms with Crippen LogP contribution in [-0.2, 0) is 0 Å². The van der Waals surface area contributed by atoms with E-state index in [-0.39, 0.29) is 0 Å². The lowest BCUT2D eigenvalue weighted by atomic mass is 10.1. The fourth-order valence-corrected chi connectivity index (χ4v) is 3.14. The maximum atomic E-state index is 3.62. The molecule has 0 aliphatic carbocycles. The third-order valence-electron chi connectivity index (χ3n) is 3.39. The monoisotopic (exact) mass is 344 g/mol. The van der Waals surface area contributed by atoms with Crippen molar-refractivity contribution in [2.45, 2.75) is 45.2 Å². The lowest BCUT2D eigenvalue weighted by Crippen LogP contribution is -2.29. The molecule has 1 fully saturated rings. The van der Waals surface area contributed by atoms with E-state index in [1.54, 1.807) is 0 Å². The Morgan fingerprint density at radius 3 is 3.00 bits per heavy atom. The fourth-order valence-electron chi connectivity index (χ4n) is 2.50. The molecule has 0 aromatic heterocycles. The first-order valence-corrected chi connectivity index (χ1v) is 7.49. The standard InChI is InChI=1S/C14H21IN2/c1-10-8-12(15)5-6-14(10)17-11(2)9-13-4-3-7-16-13/h5-6,8,11,13,16-17H,3-4,7,9H2,1-2H3. The van der Waals surface area contributed by atoms with Crippen molar-refractivity contribution in [2.24, 2.45) is 0 Å². The number of nitrogens with one attached hydrogen (secondary N) is 2. The molecule has 94 valence electrons. The summed E-state index contributed by atoms with van der Waals surface area (Å²) in [6.07, 6.45) is 3.88. The van der Waals surface area contributed by atoms with Gasteiger partial charge in [0, 0.05) is 21.3 Å². The quantitative estimate of drug-likeness (QED) is 0.817. The van der Waals surface area contributed by atoms with E-state index in [1.165, 1.54) is 40.6 Å². The Morgan fingerprint density at radius 1 is 1.53 bits per heavy atom. The highest BCUT2D eigenvalue weighted by Crippen LogP contribution is 2.20. The summed E-state index contributed by atoms with van der Waals surface area (Å²) in [7, 11) is 0. The van der Waals surface area contributed by atoms with E-state index in [0.29, 0.717) is 12.1 Å². The van der Waals surface area contributed by atoms with Gasteiger partial charge in [-0.1, -0.05) is 0 Å². The molecule has 1 aliphatic heterocycles. The summed E-state index contributed by atoms with van der Waals surface area (Å²) in [5, 5.41) is 7.18. The van der Waals surface area contributed by atoms with Crippen LogP contribution in [0, 0.1) is 10.5 Å². The van der Waals surface area contributed by atoms with Crippen molar-refractivity contribution in [3.05, 3.63) is 27.3 Å². The molecule has 0 spiro atoms. The summed E-state index contributed by atoms with van der Waals surface area (Å²) in [6.45, 7) is 5.64. The van der Waals surface area contributed by atoms with Crippen LogP contribution in [0.15, 0.2) is 18.2 Å². The summed E-state index contributed by atoms with van der Waals surface area (Å²) in [4.78, 5) is 0. The van der Waals surface area contributed by atoms with Crippen LogP contribution in [0.5, 0.6) is 0 Å². The SMILES string of the molecule is Cc1cc(I)ccc1NC(C)CC1CCCN1. The first kappa shape index (κ1) is 13.1. The zero-order chi connectivity index (χ0) is 12.3. The van der Waals surface area contributed by atoms with Crippen molar-refractivity contribution in [3.63, 3.8) is 0 Å². The zero-order valence-corrected chi connectivity index (χ0v) is 12.8. The summed E-state index contributed by atoms with van der Waals surface area (Å²) < 4.78 is 1.30. The van der Waals surface area contributed by atoms with Gasteiger partial charge in [-0.3, -0.25) is 0 Å². The predicted octanol–water partition coefficient (Wildman–Crippen LogP) is 3.54. The molecule has 1 heterocycles. The van der Waals surface area contributed by atoms with Gasteiger partial charge in [-0.2, -0.15) is 0 Å². The molecule has 0 radical (unpaired) electrons. The van der Waals surface area contributed by atoms with Gasteiger partial charge in [-0.05, 0) is 86.0 Å². The highest BCUT2D eigenvalue weighted by molar-refractivity contribution is 14.1. The fraction of sp³-hybridized carbons (Fsp3) is 0.571. The van der Waals surface area contributed by atoms with Gasteiger partial charge >= 0.3 is 0 Å². The summed E-state index contributed by atoms with van der Waals surface area (Å²) in [5.41, 5.74) is 2.61. The third kappa shape index (κ3) is 3.85. The Hall–Kier alpha value is -0.290. The molecule has 1 saturated heterocycles. The summed E-state index contributed by atoms with van der Waals surface area (Å²) in [6, 6.07) is 7.82. The van der Waals surface area contributed by atoms with Crippen molar-refractivity contribution in [1.29, 1.82) is 0 Å². The second-order valence-electron chi connectivity index (χ2n) is 5.03. The smallest absolute Gasteiger partial charge is 0.0372 e. The van der Waals surface area contributed by atoms with Crippen molar-refractivity contribution in [3.8, 4) is 0 Å². The highest BCUT2D eigenvalue weighted by Gasteiger charge is 2.17. The van der Waals surface area contributed by atoms with Gasteiger partial charge < -0.3 is 10.6 Å². The van der Waals surface area contributed by atoms with Gasteiger partial charge in [0.05, 0.1) is 0 Å². The molecule has 1 aliphatic rings. The first-order chi connectivity index (χ1) is 8.15. The molecule has 0 bridgehead atoms. The number of hydrogen-bond donors (Lipinski definition) is 2. The van der Waals surface area contributed by atoms with Crippen LogP contribution >= 0.6 is 22.6 Å². The molecule has 2 rings (SSSR count). The van der Waals surface area contributed by atoms with E-state index < -0.39 is 0 Å². The summed E-state index contributed by atoms with van der Waals surface area (Å²) in [5.74, 6) is 0. The predicted molar refractivity (Wildman–Crippen MR) is 82.6 cm³/mol. The lowest BCUT2D eigenvalue weighted by molar-refractivity contribution is 0.523. The molecular weight excluding hydrogens is 323 g/mol. The average Bonchev–Trinajstić information content (AvgIpc) is 2.75. The number of aryl methyl sites for hydroxylation is 1. The Morgan fingerprint density at radius 2 is 2.35 bits per heavy atom. The van der Waals surface area contributed by atoms with E-state index in [0.717, 1.165) is 0 Å². The molecule has 1 aromatic rings. The van der Waals surface area contributed by atoms with Crippen LogP contribution in [0.3, 0.4) is 0 Å². The molecule has 17 heavy (non-hydrogen) atoms. The van der Waals surface area contributed by atoms with E-state index in [9.17, 15) is 0 Å². The van der Waals surface area contributed by atoms with Crippen LogP contribution in [0.2, 0.25) is 0 Å². The van der Waals surface area contributed by atoms with E-state index >= 15 is 0 Å². The van der Waals surface area contributed by atoms with E-state index in [4.69, 9.17) is 0 Å². The Bertz CT molecular complexity index is 372. The minimum atomic E-state index is 0.532. The maximum absolute atomic E-state index is 3.62. The molecule has 2 nitrogen and oxygen atoms in total. The molecule has 2 N–H and O–H groups in total. The molecule has 2 atom stereocenters. The Labute approximate surface area is 118 Å². The van der Waals surface area contributed by atoms with Crippen molar-refractivity contribution < 1.29 is 0 Å². The molecule has 1 aromatic carbocycles. The zero-order valence-electron chi connectivity index (χ0n) is 10.6. The minimum absolute atomic E-state index is 0.532. The maximum Gasteiger partial charge on any atom is 0.0372 e. The Kier molecular flexibility index (Phi) is 4.68. The van der Waals surface area contributed by atoms with Gasteiger partial charge in [0.25, 0.3) is 0 Å². The van der Waals surface area contributed by atoms with Gasteiger partial charge in [-0.15, -0.1) is 0 Å². The summed E-state index contributed by atoms with van der Waals surface area (Å²) >= 11 is 2.36. The molecular formula is C14H21IN2. The second-order valence-corrected chi connectivity index (χ2v) is 6.28. The number of hydrogen-bond acceptors (Lipinski definition) is 2.